The third-order valence-electron chi connectivity index (χ3n) is 4.10. The molecule has 0 aliphatic rings. The van der Waals surface area contributed by atoms with Crippen molar-refractivity contribution in [1.82, 2.24) is 4.98 Å². The number of nitrogens with zero attached hydrogens (tertiary/aromatic N) is 1. The molecule has 0 fully saturated rings. The Morgan fingerprint density at radius 3 is 2.60 bits per heavy atom. The van der Waals surface area contributed by atoms with Crippen LogP contribution in [0, 0.1) is 0 Å². The number of aromatic nitrogens is 1. The van der Waals surface area contributed by atoms with Gasteiger partial charge in [-0.2, -0.15) is 4.98 Å². The van der Waals surface area contributed by atoms with E-state index in [4.69, 9.17) is 4.42 Å². The van der Waals surface area contributed by atoms with E-state index in [-0.39, 0.29) is 10.6 Å². The van der Waals surface area contributed by atoms with Crippen LogP contribution >= 0.6 is 0 Å². The smallest absolute Gasteiger partial charge is 0.300 e. The molecule has 0 spiro atoms. The zero-order chi connectivity index (χ0) is 17.4. The average Bonchev–Trinajstić information content (AvgIpc) is 3.03. The fourth-order valence-corrected chi connectivity index (χ4v) is 3.61. The van der Waals surface area contributed by atoms with Crippen LogP contribution in [0.15, 0.2) is 70.0 Å². The second-order valence-electron chi connectivity index (χ2n) is 5.74. The minimum absolute atomic E-state index is 0.0541. The Morgan fingerprint density at radius 1 is 1.00 bits per heavy atom. The Kier molecular flexibility index (Phi) is 3.69. The lowest BCUT2D eigenvalue weighted by molar-refractivity contribution is 0.597. The van der Waals surface area contributed by atoms with Gasteiger partial charge in [0, 0.05) is 5.69 Å². The summed E-state index contributed by atoms with van der Waals surface area (Å²) in [5.41, 5.74) is 1.91. The number of hydrogen-bond donors (Lipinski definition) is 1. The highest BCUT2D eigenvalue weighted by atomic mass is 32.2. The summed E-state index contributed by atoms with van der Waals surface area (Å²) in [5, 5.41) is 5.39. The fourth-order valence-electron chi connectivity index (χ4n) is 2.71. The summed E-state index contributed by atoms with van der Waals surface area (Å²) < 4.78 is 29.7. The van der Waals surface area contributed by atoms with Gasteiger partial charge in [-0.25, -0.2) is 8.42 Å². The van der Waals surface area contributed by atoms with E-state index in [2.05, 4.69) is 10.3 Å². The third-order valence-corrected chi connectivity index (χ3v) is 5.83. The van der Waals surface area contributed by atoms with Crippen LogP contribution in [0.1, 0.15) is 6.92 Å². The highest BCUT2D eigenvalue weighted by Gasteiger charge is 2.14. The molecule has 1 heterocycles. The van der Waals surface area contributed by atoms with Crippen molar-refractivity contribution in [2.75, 3.05) is 11.1 Å². The van der Waals surface area contributed by atoms with Crippen LogP contribution in [-0.2, 0) is 9.84 Å². The van der Waals surface area contributed by atoms with Gasteiger partial charge < -0.3 is 9.73 Å². The number of rotatable bonds is 4. The van der Waals surface area contributed by atoms with E-state index in [1.165, 1.54) is 0 Å². The molecule has 0 amide bonds. The van der Waals surface area contributed by atoms with Crippen LogP contribution in [0.4, 0.5) is 11.7 Å². The number of hydrogen-bond acceptors (Lipinski definition) is 5. The summed E-state index contributed by atoms with van der Waals surface area (Å²) in [7, 11) is -3.27. The molecule has 0 saturated heterocycles. The maximum absolute atomic E-state index is 12.0. The lowest BCUT2D eigenvalue weighted by Gasteiger charge is -2.03. The van der Waals surface area contributed by atoms with Gasteiger partial charge in [0.2, 0.25) is 0 Å². The molecular formula is C19H16N2O3S. The van der Waals surface area contributed by atoms with E-state index in [0.29, 0.717) is 17.1 Å². The van der Waals surface area contributed by atoms with Crippen LogP contribution < -0.4 is 5.32 Å². The quantitative estimate of drug-likeness (QED) is 0.585. The van der Waals surface area contributed by atoms with Gasteiger partial charge in [0.1, 0.15) is 5.52 Å². The number of sulfone groups is 1. The van der Waals surface area contributed by atoms with Crippen molar-refractivity contribution in [3.8, 4) is 0 Å². The van der Waals surface area contributed by atoms with Gasteiger partial charge in [-0.1, -0.05) is 37.3 Å². The number of anilines is 2. The molecule has 0 aliphatic carbocycles. The molecule has 0 unspecified atom stereocenters. The molecule has 1 aromatic heterocycles. The molecule has 126 valence electrons. The molecule has 6 heteroatoms. The summed E-state index contributed by atoms with van der Waals surface area (Å²) >= 11 is 0. The first kappa shape index (κ1) is 15.7. The fraction of sp³-hybridized carbons (Fsp3) is 0.105. The molecule has 0 saturated carbocycles. The van der Waals surface area contributed by atoms with Crippen molar-refractivity contribution < 1.29 is 12.8 Å². The molecular weight excluding hydrogens is 336 g/mol. The summed E-state index contributed by atoms with van der Waals surface area (Å²) in [6.07, 6.45) is 0. The zero-order valence-corrected chi connectivity index (χ0v) is 14.4. The monoisotopic (exact) mass is 352 g/mol. The highest BCUT2D eigenvalue weighted by Crippen LogP contribution is 2.26. The number of nitrogens with one attached hydrogen (secondary N) is 1. The van der Waals surface area contributed by atoms with E-state index in [1.807, 2.05) is 42.5 Å². The second-order valence-corrected chi connectivity index (χ2v) is 8.02. The van der Waals surface area contributed by atoms with Gasteiger partial charge in [-0.15, -0.1) is 0 Å². The SMILES string of the molecule is CCS(=O)(=O)c1ccc2oc(Nc3ccc4ccccc4c3)nc2c1. The van der Waals surface area contributed by atoms with Crippen molar-refractivity contribution >= 4 is 43.4 Å². The third kappa shape index (κ3) is 2.96. The van der Waals surface area contributed by atoms with Gasteiger partial charge >= 0.3 is 0 Å². The van der Waals surface area contributed by atoms with Gasteiger partial charge in [0.15, 0.2) is 15.4 Å². The van der Waals surface area contributed by atoms with Crippen molar-refractivity contribution in [3.05, 3.63) is 60.7 Å². The van der Waals surface area contributed by atoms with Crippen molar-refractivity contribution in [1.29, 1.82) is 0 Å². The predicted octanol–water partition coefficient (Wildman–Crippen LogP) is 4.52. The highest BCUT2D eigenvalue weighted by molar-refractivity contribution is 7.91. The Bertz CT molecular complexity index is 1180. The van der Waals surface area contributed by atoms with Crippen LogP contribution in [0.3, 0.4) is 0 Å². The van der Waals surface area contributed by atoms with E-state index in [9.17, 15) is 8.42 Å². The molecule has 0 radical (unpaired) electrons. The Morgan fingerprint density at radius 2 is 1.80 bits per heavy atom. The van der Waals surface area contributed by atoms with E-state index in [1.54, 1.807) is 25.1 Å². The Labute approximate surface area is 145 Å². The van der Waals surface area contributed by atoms with Crippen LogP contribution in [0.2, 0.25) is 0 Å². The topological polar surface area (TPSA) is 72.2 Å². The predicted molar refractivity (Wildman–Crippen MR) is 99.0 cm³/mol. The minimum atomic E-state index is -3.27. The summed E-state index contributed by atoms with van der Waals surface area (Å²) in [6, 6.07) is 19.1. The molecule has 4 rings (SSSR count). The van der Waals surface area contributed by atoms with Crippen molar-refractivity contribution in [2.24, 2.45) is 0 Å². The molecule has 0 aliphatic heterocycles. The Balaban J connectivity index is 1.69. The van der Waals surface area contributed by atoms with Crippen molar-refractivity contribution in [2.45, 2.75) is 11.8 Å². The largest absolute Gasteiger partial charge is 0.423 e. The standard InChI is InChI=1S/C19H16N2O3S/c1-2-25(22,23)16-9-10-18-17(12-16)21-19(24-18)20-15-8-7-13-5-3-4-6-14(13)11-15/h3-12H,2H2,1H3,(H,20,21). The summed E-state index contributed by atoms with van der Waals surface area (Å²) in [6.45, 7) is 1.62. The summed E-state index contributed by atoms with van der Waals surface area (Å²) in [4.78, 5) is 4.61. The number of fused-ring (bicyclic) bond motifs is 2. The lowest BCUT2D eigenvalue weighted by atomic mass is 10.1. The normalized spacial score (nSPS) is 11.9. The van der Waals surface area contributed by atoms with E-state index < -0.39 is 9.84 Å². The molecule has 1 N–H and O–H groups in total. The lowest BCUT2D eigenvalue weighted by Crippen LogP contribution is -2.03. The average molecular weight is 352 g/mol. The number of oxazole rings is 1. The first-order chi connectivity index (χ1) is 12.0. The van der Waals surface area contributed by atoms with Gasteiger partial charge in [0.05, 0.1) is 10.6 Å². The van der Waals surface area contributed by atoms with Gasteiger partial charge in [-0.3, -0.25) is 0 Å². The van der Waals surface area contributed by atoms with Crippen LogP contribution in [0.5, 0.6) is 0 Å². The molecule has 0 atom stereocenters. The van der Waals surface area contributed by atoms with Gasteiger partial charge in [0.25, 0.3) is 6.01 Å². The molecule has 0 bridgehead atoms. The Hall–Kier alpha value is -2.86. The van der Waals surface area contributed by atoms with E-state index >= 15 is 0 Å². The second kappa shape index (κ2) is 5.89. The molecule has 3 aromatic carbocycles. The maximum Gasteiger partial charge on any atom is 0.300 e. The van der Waals surface area contributed by atoms with Crippen LogP contribution in [0.25, 0.3) is 21.9 Å². The van der Waals surface area contributed by atoms with Crippen molar-refractivity contribution in [3.63, 3.8) is 0 Å². The first-order valence-corrected chi connectivity index (χ1v) is 9.59. The number of benzene rings is 3. The maximum atomic E-state index is 12.0. The molecule has 4 aromatic rings. The summed E-state index contributed by atoms with van der Waals surface area (Å²) in [5.74, 6) is 0.0541. The minimum Gasteiger partial charge on any atom is -0.423 e. The van der Waals surface area contributed by atoms with Gasteiger partial charge in [-0.05, 0) is 41.1 Å². The molecule has 25 heavy (non-hydrogen) atoms. The first-order valence-electron chi connectivity index (χ1n) is 7.94. The molecule has 5 nitrogen and oxygen atoms in total. The van der Waals surface area contributed by atoms with Crippen LogP contribution in [-0.4, -0.2) is 19.2 Å². The zero-order valence-electron chi connectivity index (χ0n) is 13.6. The van der Waals surface area contributed by atoms with E-state index in [0.717, 1.165) is 16.5 Å².